The summed E-state index contributed by atoms with van der Waals surface area (Å²) in [5.74, 6) is 3.19. The number of ketones is 2. The van der Waals surface area contributed by atoms with Gasteiger partial charge in [0.05, 0.1) is 130 Å². The first-order valence-corrected chi connectivity index (χ1v) is 31.7. The minimum Gasteiger partial charge on any atom is -0.379 e. The zero-order chi connectivity index (χ0) is 64.3. The van der Waals surface area contributed by atoms with Gasteiger partial charge in [0.25, 0.3) is 0 Å². The second-order valence-electron chi connectivity index (χ2n) is 22.0. The number of hydrogen-bond donors (Lipinski definition) is 5. The maximum atomic E-state index is 13.6. The topological polar surface area (TPSA) is 350 Å². The Morgan fingerprint density at radius 1 is 0.682 bits per heavy atom. The number of aromatic nitrogens is 5. The van der Waals surface area contributed by atoms with Gasteiger partial charge in [-0.2, -0.15) is 0 Å². The first-order valence-electron chi connectivity index (χ1n) is 29.8. The van der Waals surface area contributed by atoms with Gasteiger partial charge in [-0.1, -0.05) is 63.8 Å². The van der Waals surface area contributed by atoms with Crippen molar-refractivity contribution in [3.05, 3.63) is 59.7 Å². The lowest BCUT2D eigenvalue weighted by molar-refractivity contribution is -0.134. The van der Waals surface area contributed by atoms with E-state index >= 15 is 0 Å². The summed E-state index contributed by atoms with van der Waals surface area (Å²) in [6, 6.07) is 6.01. The smallest absolute Gasteiger partial charge is 0.312 e. The number of Topliss-reactive ketones (excluding diaryl/α,β-unsaturated/α-hetero) is 2. The monoisotopic (exact) mass is 1260 g/mol. The van der Waals surface area contributed by atoms with Crippen LogP contribution in [0.2, 0.25) is 0 Å². The van der Waals surface area contributed by atoms with Gasteiger partial charge < -0.3 is 69.6 Å². The molecule has 0 aliphatic heterocycles. The van der Waals surface area contributed by atoms with Crippen LogP contribution in [0.4, 0.5) is 10.5 Å². The number of amides is 5. The van der Waals surface area contributed by atoms with Gasteiger partial charge in [0.2, 0.25) is 32.7 Å². The number of urea groups is 1. The number of hydrogen-bond acceptors (Lipinski definition) is 21. The molecule has 2 heterocycles. The summed E-state index contributed by atoms with van der Waals surface area (Å²) in [7, 11) is -3.47. The summed E-state index contributed by atoms with van der Waals surface area (Å²) in [5.41, 5.74) is 8.15. The minimum atomic E-state index is -3.47. The molecule has 0 aliphatic carbocycles. The van der Waals surface area contributed by atoms with Gasteiger partial charge in [0.15, 0.2) is 11.6 Å². The van der Waals surface area contributed by atoms with E-state index in [-0.39, 0.29) is 78.8 Å². The number of nitrogens with zero attached hydrogens (tertiary/aromatic N) is 5. The molecule has 3 rings (SSSR count). The molecule has 3 aromatic rings. The Hall–Kier alpha value is -6.39. The van der Waals surface area contributed by atoms with Crippen molar-refractivity contribution >= 4 is 50.8 Å². The molecule has 0 fully saturated rings. The molecule has 2 atom stereocenters. The molecule has 88 heavy (non-hydrogen) atoms. The molecule has 0 saturated carbocycles. The Labute approximate surface area is 517 Å². The quantitative estimate of drug-likeness (QED) is 0.0308. The lowest BCUT2D eigenvalue weighted by Gasteiger charge is -2.24. The standard InChI is InChI=1S/C60H94N10O17S/c1-46(2)56(53(72)38-49(13-10-20-62-58(61)76)57(75)66-50-18-16-47(17-19-50)39-60(3,4)5)67-55(74)45-87-44-52(71)14-11-22-79-24-26-81-28-30-83-32-34-85-36-37-86-35-33-84-31-29-82-27-25-80-23-21-70-43-51(68-69-70)42-63-54(73)15-9-7-8-12-48-40-64-59(65-41-48)88(6,77)78/h16-19,40-41,43,46,49,56H,7,9-11,13-15,20-39,42,44-45H2,1-6H3,(H,63,73)(H,66,75)(H,67,74)(H3,61,62,76)/t49-,56+/m1/s1. The van der Waals surface area contributed by atoms with E-state index in [4.69, 9.17) is 48.4 Å². The summed E-state index contributed by atoms with van der Waals surface area (Å²) in [6.07, 6.45) is 8.89. The highest BCUT2D eigenvalue weighted by Gasteiger charge is 2.30. The molecule has 0 radical (unpaired) electrons. The van der Waals surface area contributed by atoms with Gasteiger partial charge in [-0.25, -0.2) is 27.9 Å². The molecule has 0 aliphatic rings. The van der Waals surface area contributed by atoms with E-state index in [9.17, 15) is 37.2 Å². The minimum absolute atomic E-state index is 0.101. The van der Waals surface area contributed by atoms with Crippen molar-refractivity contribution in [1.29, 1.82) is 0 Å². The highest BCUT2D eigenvalue weighted by Crippen LogP contribution is 2.23. The molecular weight excluding hydrogens is 1160 g/mol. The van der Waals surface area contributed by atoms with Crippen molar-refractivity contribution < 1.29 is 79.8 Å². The van der Waals surface area contributed by atoms with Gasteiger partial charge in [-0.05, 0) is 61.1 Å². The van der Waals surface area contributed by atoms with Gasteiger partial charge in [0.1, 0.15) is 18.9 Å². The van der Waals surface area contributed by atoms with E-state index in [1.165, 1.54) is 12.4 Å². The fourth-order valence-corrected chi connectivity index (χ4v) is 8.52. The SMILES string of the molecule is CC(C)[C@H](NC(=O)COCC(=O)CCCOCCOCCOCCOCCOCCOCCOCCOCCn1cc(CNC(=O)CCCC#Cc2cnc(S(C)(=O)=O)nc2)nn1)C(=O)C[C@@H](CCCNC(N)=O)C(=O)Nc1ccc(CC(C)(C)C)cc1. The number of benzene rings is 1. The Balaban J connectivity index is 1.06. The van der Waals surface area contributed by atoms with Crippen LogP contribution in [0.5, 0.6) is 0 Å². The first-order chi connectivity index (χ1) is 42.2. The number of primary amides is 1. The van der Waals surface area contributed by atoms with Crippen molar-refractivity contribution in [1.82, 2.24) is 40.9 Å². The molecule has 0 unspecified atom stereocenters. The Morgan fingerprint density at radius 2 is 1.24 bits per heavy atom. The molecule has 5 amide bonds. The Morgan fingerprint density at radius 3 is 1.77 bits per heavy atom. The van der Waals surface area contributed by atoms with Gasteiger partial charge >= 0.3 is 6.03 Å². The average Bonchev–Trinajstić information content (AvgIpc) is 4.12. The molecule has 0 bridgehead atoms. The third-order valence-corrected chi connectivity index (χ3v) is 13.3. The molecule has 492 valence electrons. The number of nitrogens with one attached hydrogen (secondary N) is 4. The number of carbonyl (C=O) groups is 6. The van der Waals surface area contributed by atoms with Gasteiger partial charge in [0, 0.05) is 69.1 Å². The number of rotatable bonds is 50. The summed E-state index contributed by atoms with van der Waals surface area (Å²) in [4.78, 5) is 83.4. The molecule has 28 heteroatoms. The second-order valence-corrected chi connectivity index (χ2v) is 23.9. The molecule has 27 nitrogen and oxygen atoms in total. The summed E-state index contributed by atoms with van der Waals surface area (Å²) in [6.45, 7) is 16.8. The lowest BCUT2D eigenvalue weighted by Crippen LogP contribution is -2.47. The molecule has 6 N–H and O–H groups in total. The third-order valence-electron chi connectivity index (χ3n) is 12.4. The number of sulfone groups is 1. The van der Waals surface area contributed by atoms with E-state index in [0.29, 0.717) is 161 Å². The number of unbranched alkanes of at least 4 members (excludes halogenated alkanes) is 1. The number of ether oxygens (including phenoxy) is 9. The molecule has 0 saturated heterocycles. The summed E-state index contributed by atoms with van der Waals surface area (Å²) >= 11 is 0. The lowest BCUT2D eigenvalue weighted by atomic mass is 9.88. The van der Waals surface area contributed by atoms with E-state index in [1.54, 1.807) is 24.7 Å². The van der Waals surface area contributed by atoms with Crippen LogP contribution in [0, 0.1) is 29.1 Å². The maximum Gasteiger partial charge on any atom is 0.312 e. The van der Waals surface area contributed by atoms with E-state index < -0.39 is 40.3 Å². The van der Waals surface area contributed by atoms with Gasteiger partial charge in [-0.3, -0.25) is 24.0 Å². The molecule has 1 aromatic carbocycles. The van der Waals surface area contributed by atoms with E-state index in [0.717, 1.165) is 18.2 Å². The van der Waals surface area contributed by atoms with Crippen molar-refractivity contribution in [3.63, 3.8) is 0 Å². The van der Waals surface area contributed by atoms with Crippen molar-refractivity contribution in [2.24, 2.45) is 23.0 Å². The predicted molar refractivity (Wildman–Crippen MR) is 324 cm³/mol. The van der Waals surface area contributed by atoms with Crippen LogP contribution in [0.25, 0.3) is 0 Å². The largest absolute Gasteiger partial charge is 0.379 e. The summed E-state index contributed by atoms with van der Waals surface area (Å²) in [5, 5.41) is 18.8. The van der Waals surface area contributed by atoms with Crippen molar-refractivity contribution in [2.75, 3.05) is 137 Å². The fourth-order valence-electron chi connectivity index (χ4n) is 8.03. The molecular formula is C60H94N10O17S. The van der Waals surface area contributed by atoms with Crippen molar-refractivity contribution in [3.8, 4) is 11.8 Å². The fraction of sp³-hybridized carbons (Fsp3) is 0.667. The first kappa shape index (κ1) is 75.9. The third kappa shape index (κ3) is 38.1. The average molecular weight is 1260 g/mol. The van der Waals surface area contributed by atoms with Gasteiger partial charge in [-0.15, -0.1) is 5.10 Å². The van der Waals surface area contributed by atoms with E-state index in [2.05, 4.69) is 74.2 Å². The van der Waals surface area contributed by atoms with Crippen LogP contribution in [0.3, 0.4) is 0 Å². The normalized spacial score (nSPS) is 12.3. The Bertz CT molecular complexity index is 2660. The van der Waals surface area contributed by atoms with Crippen LogP contribution >= 0.6 is 0 Å². The highest BCUT2D eigenvalue weighted by molar-refractivity contribution is 7.90. The number of anilines is 1. The maximum absolute atomic E-state index is 13.6. The van der Waals surface area contributed by atoms with Crippen LogP contribution in [0.1, 0.15) is 103 Å². The summed E-state index contributed by atoms with van der Waals surface area (Å²) < 4.78 is 74.3. The number of carbonyl (C=O) groups excluding carboxylic acids is 6. The molecule has 2 aromatic heterocycles. The second kappa shape index (κ2) is 44.9. The van der Waals surface area contributed by atoms with E-state index in [1.807, 2.05) is 24.3 Å². The van der Waals surface area contributed by atoms with Crippen LogP contribution in [-0.4, -0.2) is 206 Å². The molecule has 0 spiro atoms. The van der Waals surface area contributed by atoms with Crippen LogP contribution in [-0.2, 0) is 96.0 Å². The number of nitrogens with two attached hydrogens (primary N) is 1. The predicted octanol–water partition coefficient (Wildman–Crippen LogP) is 3.20. The zero-order valence-electron chi connectivity index (χ0n) is 52.1. The Kier molecular flexibility index (Phi) is 38.7. The van der Waals surface area contributed by atoms with Crippen molar-refractivity contribution in [2.45, 2.75) is 117 Å². The highest BCUT2D eigenvalue weighted by atomic mass is 32.2. The van der Waals surface area contributed by atoms with Crippen LogP contribution < -0.4 is 27.0 Å². The van der Waals surface area contributed by atoms with Crippen LogP contribution in [0.15, 0.2) is 48.0 Å². The zero-order valence-corrected chi connectivity index (χ0v) is 53.0.